The van der Waals surface area contributed by atoms with Crippen LogP contribution in [0.15, 0.2) is 22.7 Å². The molecule has 0 N–H and O–H groups in total. The van der Waals surface area contributed by atoms with E-state index in [1.807, 2.05) is 4.90 Å². The highest BCUT2D eigenvalue weighted by molar-refractivity contribution is 5.73. The van der Waals surface area contributed by atoms with Crippen molar-refractivity contribution in [3.63, 3.8) is 0 Å². The summed E-state index contributed by atoms with van der Waals surface area (Å²) in [5.74, 6) is 2.99. The molecule has 2 aromatic rings. The van der Waals surface area contributed by atoms with Gasteiger partial charge in [0.25, 0.3) is 0 Å². The lowest BCUT2D eigenvalue weighted by molar-refractivity contribution is -0.130. The minimum Gasteiger partial charge on any atom is -0.493 e. The molecule has 1 aromatic heterocycles. The van der Waals surface area contributed by atoms with E-state index in [1.54, 1.807) is 6.92 Å². The number of nitrogens with zero attached hydrogens (tertiary/aromatic N) is 4. The first-order valence-electron chi connectivity index (χ1n) is 11.0. The van der Waals surface area contributed by atoms with Gasteiger partial charge in [0.05, 0.1) is 6.61 Å². The molecular formula is C23H32N4O3. The van der Waals surface area contributed by atoms with Gasteiger partial charge in [-0.2, -0.15) is 4.98 Å². The number of ether oxygens (including phenoxy) is 1. The van der Waals surface area contributed by atoms with Crippen molar-refractivity contribution in [2.75, 3.05) is 26.2 Å². The average molecular weight is 413 g/mol. The Morgan fingerprint density at radius 3 is 3.03 bits per heavy atom. The van der Waals surface area contributed by atoms with Crippen molar-refractivity contribution in [3.05, 3.63) is 41.0 Å². The van der Waals surface area contributed by atoms with Gasteiger partial charge in [0.15, 0.2) is 5.82 Å². The van der Waals surface area contributed by atoms with E-state index in [0.717, 1.165) is 51.3 Å². The Hall–Kier alpha value is -2.41. The van der Waals surface area contributed by atoms with Crippen LogP contribution in [0.4, 0.5) is 0 Å². The number of hydrogen-bond donors (Lipinski definition) is 0. The summed E-state index contributed by atoms with van der Waals surface area (Å²) in [7, 11) is 0. The highest BCUT2D eigenvalue weighted by atomic mass is 16.5. The van der Waals surface area contributed by atoms with Crippen molar-refractivity contribution >= 4 is 5.91 Å². The molecule has 30 heavy (non-hydrogen) atoms. The first kappa shape index (κ1) is 20.8. The van der Waals surface area contributed by atoms with E-state index in [2.05, 4.69) is 47.1 Å². The van der Waals surface area contributed by atoms with Crippen molar-refractivity contribution in [1.29, 1.82) is 0 Å². The molecule has 1 fully saturated rings. The Labute approximate surface area is 178 Å². The molecule has 0 aliphatic carbocycles. The standard InChI is InChI=1S/C23H32N4O3/c1-16(2)12-23-24-22(25-30-23)7-10-27(17(3)28)20-6-9-26(15-20)14-18-4-5-21-19(13-18)8-11-29-21/h4-5,13,16,20H,6-12,14-15H2,1-3H3. The van der Waals surface area contributed by atoms with Crippen LogP contribution in [0.2, 0.25) is 0 Å². The maximum absolute atomic E-state index is 12.3. The van der Waals surface area contributed by atoms with Crippen LogP contribution in [0.1, 0.15) is 50.0 Å². The van der Waals surface area contributed by atoms with Gasteiger partial charge in [-0.15, -0.1) is 0 Å². The molecule has 7 heteroatoms. The number of rotatable bonds is 8. The molecule has 7 nitrogen and oxygen atoms in total. The molecule has 0 bridgehead atoms. The van der Waals surface area contributed by atoms with Gasteiger partial charge in [-0.05, 0) is 29.5 Å². The minimum atomic E-state index is 0.113. The van der Waals surface area contributed by atoms with Crippen LogP contribution in [0.3, 0.4) is 0 Å². The third-order valence-corrected chi connectivity index (χ3v) is 5.92. The Bertz CT molecular complexity index is 879. The number of benzene rings is 1. The maximum Gasteiger partial charge on any atom is 0.226 e. The lowest BCUT2D eigenvalue weighted by atomic mass is 10.1. The van der Waals surface area contributed by atoms with Crippen molar-refractivity contribution < 1.29 is 14.1 Å². The zero-order chi connectivity index (χ0) is 21.1. The quantitative estimate of drug-likeness (QED) is 0.664. The number of carbonyl (C=O) groups excluding carboxylic acids is 1. The van der Waals surface area contributed by atoms with E-state index in [1.165, 1.54) is 11.1 Å². The summed E-state index contributed by atoms with van der Waals surface area (Å²) in [4.78, 5) is 21.2. The average Bonchev–Trinajstić information content (AvgIpc) is 3.42. The Balaban J connectivity index is 1.31. The molecule has 1 amide bonds. The predicted octanol–water partition coefficient (Wildman–Crippen LogP) is 2.87. The van der Waals surface area contributed by atoms with E-state index < -0.39 is 0 Å². The zero-order valence-corrected chi connectivity index (χ0v) is 18.3. The molecular weight excluding hydrogens is 380 g/mol. The molecule has 1 aromatic carbocycles. The summed E-state index contributed by atoms with van der Waals surface area (Å²) < 4.78 is 10.9. The fourth-order valence-corrected chi connectivity index (χ4v) is 4.45. The molecule has 0 saturated carbocycles. The van der Waals surface area contributed by atoms with Crippen LogP contribution in [-0.4, -0.2) is 58.1 Å². The normalized spacial score (nSPS) is 18.6. The summed E-state index contributed by atoms with van der Waals surface area (Å²) in [5, 5.41) is 4.08. The summed E-state index contributed by atoms with van der Waals surface area (Å²) in [6, 6.07) is 6.75. The lowest BCUT2D eigenvalue weighted by Gasteiger charge is -2.28. The van der Waals surface area contributed by atoms with Crippen LogP contribution in [0, 0.1) is 5.92 Å². The van der Waals surface area contributed by atoms with Gasteiger partial charge in [-0.25, -0.2) is 0 Å². The minimum absolute atomic E-state index is 0.113. The van der Waals surface area contributed by atoms with E-state index >= 15 is 0 Å². The zero-order valence-electron chi connectivity index (χ0n) is 18.3. The fourth-order valence-electron chi connectivity index (χ4n) is 4.45. The molecule has 1 atom stereocenters. The Morgan fingerprint density at radius 2 is 2.23 bits per heavy atom. The number of fused-ring (bicyclic) bond motifs is 1. The van der Waals surface area contributed by atoms with Gasteiger partial charge in [-0.1, -0.05) is 31.1 Å². The number of carbonyl (C=O) groups is 1. The molecule has 1 saturated heterocycles. The van der Waals surface area contributed by atoms with Crippen molar-refractivity contribution in [3.8, 4) is 5.75 Å². The topological polar surface area (TPSA) is 71.7 Å². The van der Waals surface area contributed by atoms with Gasteiger partial charge in [0.1, 0.15) is 5.75 Å². The summed E-state index contributed by atoms with van der Waals surface area (Å²) >= 11 is 0. The second-order valence-corrected chi connectivity index (χ2v) is 8.88. The predicted molar refractivity (Wildman–Crippen MR) is 113 cm³/mol. The monoisotopic (exact) mass is 412 g/mol. The molecule has 1 unspecified atom stereocenters. The fraction of sp³-hybridized carbons (Fsp3) is 0.609. The highest BCUT2D eigenvalue weighted by Crippen LogP contribution is 2.27. The molecule has 2 aliphatic rings. The smallest absolute Gasteiger partial charge is 0.226 e. The van der Waals surface area contributed by atoms with E-state index in [9.17, 15) is 4.79 Å². The first-order valence-corrected chi connectivity index (χ1v) is 11.0. The van der Waals surface area contributed by atoms with Gasteiger partial charge in [0.2, 0.25) is 11.8 Å². The van der Waals surface area contributed by atoms with Gasteiger partial charge >= 0.3 is 0 Å². The molecule has 0 spiro atoms. The molecule has 162 valence electrons. The largest absolute Gasteiger partial charge is 0.493 e. The third kappa shape index (κ3) is 5.01. The lowest BCUT2D eigenvalue weighted by Crippen LogP contribution is -2.42. The Morgan fingerprint density at radius 1 is 1.37 bits per heavy atom. The van der Waals surface area contributed by atoms with Crippen LogP contribution in [0.25, 0.3) is 0 Å². The van der Waals surface area contributed by atoms with Crippen molar-refractivity contribution in [2.45, 2.75) is 59.0 Å². The van der Waals surface area contributed by atoms with Crippen molar-refractivity contribution in [1.82, 2.24) is 19.9 Å². The van der Waals surface area contributed by atoms with E-state index in [-0.39, 0.29) is 11.9 Å². The summed E-state index contributed by atoms with van der Waals surface area (Å²) in [5.41, 5.74) is 2.63. The number of aromatic nitrogens is 2. The molecule has 4 rings (SSSR count). The highest BCUT2D eigenvalue weighted by Gasteiger charge is 2.29. The van der Waals surface area contributed by atoms with E-state index in [0.29, 0.717) is 30.6 Å². The number of amides is 1. The van der Waals surface area contributed by atoms with Crippen LogP contribution >= 0.6 is 0 Å². The third-order valence-electron chi connectivity index (χ3n) is 5.92. The maximum atomic E-state index is 12.3. The molecule has 3 heterocycles. The first-order chi connectivity index (χ1) is 14.5. The second-order valence-electron chi connectivity index (χ2n) is 8.88. The van der Waals surface area contributed by atoms with Gasteiger partial charge in [-0.3, -0.25) is 9.69 Å². The molecule has 0 radical (unpaired) electrons. The molecule has 2 aliphatic heterocycles. The Kier molecular flexibility index (Phi) is 6.37. The van der Waals surface area contributed by atoms with Crippen LogP contribution in [-0.2, 0) is 30.6 Å². The van der Waals surface area contributed by atoms with Gasteiger partial charge < -0.3 is 14.2 Å². The number of likely N-dealkylation sites (tertiary alicyclic amines) is 1. The SMILES string of the molecule is CC(=O)N(CCc1noc(CC(C)C)n1)C1CCN(Cc2ccc3c(c2)CCO3)C1. The van der Waals surface area contributed by atoms with Crippen LogP contribution < -0.4 is 4.74 Å². The summed E-state index contributed by atoms with van der Waals surface area (Å²) in [6.07, 6.45) is 3.41. The van der Waals surface area contributed by atoms with Gasteiger partial charge in [0, 0.05) is 58.4 Å². The van der Waals surface area contributed by atoms with Crippen LogP contribution in [0.5, 0.6) is 5.75 Å². The van der Waals surface area contributed by atoms with E-state index in [4.69, 9.17) is 9.26 Å². The van der Waals surface area contributed by atoms with Crippen molar-refractivity contribution in [2.24, 2.45) is 5.92 Å². The number of hydrogen-bond acceptors (Lipinski definition) is 6. The second kappa shape index (κ2) is 9.16. The summed E-state index contributed by atoms with van der Waals surface area (Å²) in [6.45, 7) is 10.2.